The number of rotatable bonds is 3. The van der Waals surface area contributed by atoms with Crippen LogP contribution in [0.1, 0.15) is 5.56 Å². The largest absolute Gasteiger partial charge is 0.326 e. The number of para-hydroxylation sites is 2. The summed E-state index contributed by atoms with van der Waals surface area (Å²) in [5.74, 6) is -0.464. The number of aromatic nitrogens is 2. The van der Waals surface area contributed by atoms with E-state index < -0.39 is 10.7 Å². The maximum Gasteiger partial charge on any atom is 0.269 e. The third-order valence-corrected chi connectivity index (χ3v) is 3.11. The lowest BCUT2D eigenvalue weighted by Gasteiger charge is -2.05. The van der Waals surface area contributed by atoms with Crippen molar-refractivity contribution in [1.29, 1.82) is 0 Å². The highest BCUT2D eigenvalue weighted by Gasteiger charge is 2.12. The van der Waals surface area contributed by atoms with Crippen molar-refractivity contribution in [2.75, 3.05) is 0 Å². The molecule has 0 saturated carbocycles. The minimum Gasteiger partial charge on any atom is -0.326 e. The second-order valence-electron chi connectivity index (χ2n) is 4.39. The first-order chi connectivity index (χ1) is 9.65. The molecule has 2 aromatic carbocycles. The summed E-state index contributed by atoms with van der Waals surface area (Å²) >= 11 is 0. The zero-order valence-electron chi connectivity index (χ0n) is 10.4. The number of non-ortho nitro benzene ring substituents is 1. The Bertz CT molecular complexity index is 798. The molecule has 0 N–H and O–H groups in total. The Hall–Kier alpha value is -2.76. The van der Waals surface area contributed by atoms with Crippen molar-refractivity contribution in [3.05, 3.63) is 70.3 Å². The standard InChI is InChI=1S/C14H10FN3O2/c15-12-6-5-11(18(19)20)7-10(12)8-17-9-16-13-3-1-2-4-14(13)17/h1-7,9H,8H2. The predicted octanol–water partition coefficient (Wildman–Crippen LogP) is 3.13. The van der Waals surface area contributed by atoms with Gasteiger partial charge in [-0.3, -0.25) is 10.1 Å². The van der Waals surface area contributed by atoms with Crippen LogP contribution in [0.5, 0.6) is 0 Å². The van der Waals surface area contributed by atoms with Gasteiger partial charge >= 0.3 is 0 Å². The predicted molar refractivity (Wildman–Crippen MR) is 71.9 cm³/mol. The molecule has 0 unspecified atom stereocenters. The Labute approximate surface area is 113 Å². The molecule has 0 atom stereocenters. The van der Waals surface area contributed by atoms with Gasteiger partial charge in [-0.15, -0.1) is 0 Å². The molecule has 6 heteroatoms. The van der Waals surface area contributed by atoms with Crippen LogP contribution in [0.4, 0.5) is 10.1 Å². The van der Waals surface area contributed by atoms with Crippen LogP contribution in [0.2, 0.25) is 0 Å². The molecule has 5 nitrogen and oxygen atoms in total. The number of nitrogens with zero attached hydrogens (tertiary/aromatic N) is 3. The van der Waals surface area contributed by atoms with Crippen LogP contribution >= 0.6 is 0 Å². The van der Waals surface area contributed by atoms with Crippen molar-refractivity contribution in [3.8, 4) is 0 Å². The van der Waals surface area contributed by atoms with Crippen molar-refractivity contribution in [1.82, 2.24) is 9.55 Å². The Morgan fingerprint density at radius 1 is 1.25 bits per heavy atom. The Morgan fingerprint density at radius 3 is 2.85 bits per heavy atom. The fourth-order valence-corrected chi connectivity index (χ4v) is 2.12. The average Bonchev–Trinajstić information content (AvgIpc) is 2.84. The van der Waals surface area contributed by atoms with Gasteiger partial charge in [0.1, 0.15) is 5.82 Å². The minimum absolute atomic E-state index is 0.120. The highest BCUT2D eigenvalue weighted by Crippen LogP contribution is 2.20. The molecular formula is C14H10FN3O2. The quantitative estimate of drug-likeness (QED) is 0.543. The van der Waals surface area contributed by atoms with Gasteiger partial charge in [0.15, 0.2) is 0 Å². The van der Waals surface area contributed by atoms with Crippen molar-refractivity contribution < 1.29 is 9.31 Å². The summed E-state index contributed by atoms with van der Waals surface area (Å²) in [7, 11) is 0. The van der Waals surface area contributed by atoms with Crippen LogP contribution in [0.25, 0.3) is 11.0 Å². The number of nitro groups is 1. The van der Waals surface area contributed by atoms with Gasteiger partial charge in [-0.2, -0.15) is 0 Å². The molecule has 0 aliphatic carbocycles. The first-order valence-electron chi connectivity index (χ1n) is 5.98. The van der Waals surface area contributed by atoms with E-state index in [-0.39, 0.29) is 17.8 Å². The molecule has 0 bridgehead atoms. The van der Waals surface area contributed by atoms with Crippen LogP contribution in [-0.4, -0.2) is 14.5 Å². The molecule has 0 spiro atoms. The number of hydrogen-bond acceptors (Lipinski definition) is 3. The van der Waals surface area contributed by atoms with Crippen molar-refractivity contribution in [2.24, 2.45) is 0 Å². The van der Waals surface area contributed by atoms with E-state index in [0.29, 0.717) is 0 Å². The highest BCUT2D eigenvalue weighted by molar-refractivity contribution is 5.75. The topological polar surface area (TPSA) is 61.0 Å². The van der Waals surface area contributed by atoms with E-state index in [1.807, 2.05) is 24.3 Å². The number of fused-ring (bicyclic) bond motifs is 1. The first kappa shape index (κ1) is 12.3. The van der Waals surface area contributed by atoms with Crippen molar-refractivity contribution in [3.63, 3.8) is 0 Å². The molecule has 20 heavy (non-hydrogen) atoms. The summed E-state index contributed by atoms with van der Waals surface area (Å²) in [5, 5.41) is 10.7. The van der Waals surface area contributed by atoms with Crippen LogP contribution in [0.15, 0.2) is 48.8 Å². The van der Waals surface area contributed by atoms with Gasteiger partial charge in [0, 0.05) is 17.7 Å². The molecule has 0 radical (unpaired) electrons. The Balaban J connectivity index is 2.02. The van der Waals surface area contributed by atoms with Crippen molar-refractivity contribution >= 4 is 16.7 Å². The average molecular weight is 271 g/mol. The molecule has 100 valence electrons. The van der Waals surface area contributed by atoms with Gasteiger partial charge in [0.25, 0.3) is 5.69 Å². The lowest BCUT2D eigenvalue weighted by Crippen LogP contribution is -2.01. The zero-order chi connectivity index (χ0) is 14.1. The van der Waals surface area contributed by atoms with E-state index in [1.165, 1.54) is 6.07 Å². The zero-order valence-corrected chi connectivity index (χ0v) is 10.4. The van der Waals surface area contributed by atoms with E-state index in [4.69, 9.17) is 0 Å². The van der Waals surface area contributed by atoms with Gasteiger partial charge in [-0.05, 0) is 18.2 Å². The molecule has 0 aliphatic rings. The van der Waals surface area contributed by atoms with E-state index in [0.717, 1.165) is 23.2 Å². The minimum atomic E-state index is -0.533. The number of halogens is 1. The molecule has 0 fully saturated rings. The highest BCUT2D eigenvalue weighted by atomic mass is 19.1. The van der Waals surface area contributed by atoms with Crippen LogP contribution in [0, 0.1) is 15.9 Å². The number of nitro benzene ring substituents is 1. The summed E-state index contributed by atoms with van der Waals surface area (Å²) in [6, 6.07) is 11.0. The van der Waals surface area contributed by atoms with E-state index in [1.54, 1.807) is 10.9 Å². The molecule has 1 aromatic heterocycles. The molecule has 0 aliphatic heterocycles. The number of hydrogen-bond donors (Lipinski definition) is 0. The molecule has 3 rings (SSSR count). The van der Waals surface area contributed by atoms with Gasteiger partial charge in [0.2, 0.25) is 0 Å². The summed E-state index contributed by atoms with van der Waals surface area (Å²) in [5.41, 5.74) is 1.81. The molecule has 3 aromatic rings. The number of imidazole rings is 1. The molecular weight excluding hydrogens is 261 g/mol. The Morgan fingerprint density at radius 2 is 2.05 bits per heavy atom. The maximum atomic E-state index is 13.8. The summed E-state index contributed by atoms with van der Waals surface area (Å²) in [4.78, 5) is 14.4. The van der Waals surface area contributed by atoms with Gasteiger partial charge < -0.3 is 4.57 Å². The summed E-state index contributed by atoms with van der Waals surface area (Å²) < 4.78 is 15.5. The normalized spacial score (nSPS) is 10.8. The summed E-state index contributed by atoms with van der Waals surface area (Å²) in [6.45, 7) is 0.202. The van der Waals surface area contributed by atoms with Crippen LogP contribution < -0.4 is 0 Å². The fourth-order valence-electron chi connectivity index (χ4n) is 2.12. The number of benzene rings is 2. The van der Waals surface area contributed by atoms with Crippen LogP contribution in [-0.2, 0) is 6.54 Å². The smallest absolute Gasteiger partial charge is 0.269 e. The van der Waals surface area contributed by atoms with Crippen molar-refractivity contribution in [2.45, 2.75) is 6.54 Å². The maximum absolute atomic E-state index is 13.8. The van der Waals surface area contributed by atoms with E-state index in [2.05, 4.69) is 4.98 Å². The van der Waals surface area contributed by atoms with Gasteiger partial charge in [0.05, 0.1) is 28.8 Å². The third-order valence-electron chi connectivity index (χ3n) is 3.11. The van der Waals surface area contributed by atoms with Crippen LogP contribution in [0.3, 0.4) is 0 Å². The lowest BCUT2D eigenvalue weighted by atomic mass is 10.2. The first-order valence-corrected chi connectivity index (χ1v) is 5.98. The fraction of sp³-hybridized carbons (Fsp3) is 0.0714. The second kappa shape index (κ2) is 4.73. The monoisotopic (exact) mass is 271 g/mol. The lowest BCUT2D eigenvalue weighted by molar-refractivity contribution is -0.385. The Kier molecular flexibility index (Phi) is 2.90. The van der Waals surface area contributed by atoms with Gasteiger partial charge in [-0.1, -0.05) is 12.1 Å². The summed E-state index contributed by atoms with van der Waals surface area (Å²) in [6.07, 6.45) is 1.60. The molecule has 1 heterocycles. The SMILES string of the molecule is O=[N+]([O-])c1ccc(F)c(Cn2cnc3ccccc32)c1. The van der Waals surface area contributed by atoms with E-state index in [9.17, 15) is 14.5 Å². The second-order valence-corrected chi connectivity index (χ2v) is 4.39. The molecule has 0 saturated heterocycles. The third kappa shape index (κ3) is 2.11. The molecule has 0 amide bonds. The van der Waals surface area contributed by atoms with Gasteiger partial charge in [-0.25, -0.2) is 9.37 Å². The van der Waals surface area contributed by atoms with E-state index >= 15 is 0 Å².